The van der Waals surface area contributed by atoms with Crippen molar-refractivity contribution in [3.8, 4) is 5.75 Å². The van der Waals surface area contributed by atoms with E-state index in [1.165, 1.54) is 35.4 Å². The molecule has 0 unspecified atom stereocenters. The molecule has 0 N–H and O–H groups in total. The molecular weight excluding hydrogens is 331 g/mol. The molecule has 3 aromatic rings. The fourth-order valence-corrected chi connectivity index (χ4v) is 3.38. The summed E-state index contributed by atoms with van der Waals surface area (Å²) < 4.78 is 24.1. The zero-order valence-corrected chi connectivity index (χ0v) is 13.5. The van der Waals surface area contributed by atoms with E-state index in [9.17, 15) is 9.18 Å². The van der Waals surface area contributed by atoms with Crippen molar-refractivity contribution in [1.29, 1.82) is 0 Å². The number of benzene rings is 2. The van der Waals surface area contributed by atoms with Gasteiger partial charge in [0, 0.05) is 17.0 Å². The molecule has 122 valence electrons. The number of ether oxygens (including phenoxy) is 1. The molecular formula is C19H14ClFO3. The van der Waals surface area contributed by atoms with Gasteiger partial charge in [0.05, 0.1) is 5.02 Å². The second-order valence-corrected chi connectivity index (χ2v) is 6.33. The van der Waals surface area contributed by atoms with E-state index in [0.29, 0.717) is 11.3 Å². The highest BCUT2D eigenvalue weighted by atomic mass is 35.5. The molecule has 1 heterocycles. The average Bonchev–Trinajstić information content (AvgIpc) is 2.99. The van der Waals surface area contributed by atoms with Gasteiger partial charge in [0.15, 0.2) is 0 Å². The molecule has 2 aromatic carbocycles. The Morgan fingerprint density at radius 3 is 2.71 bits per heavy atom. The fourth-order valence-electron chi connectivity index (χ4n) is 3.16. The molecule has 5 heteroatoms. The number of halogens is 2. The maximum Gasteiger partial charge on any atom is 0.336 e. The molecule has 0 radical (unpaired) electrons. The Labute approximate surface area is 142 Å². The normalized spacial score (nSPS) is 13.2. The first-order valence-electron chi connectivity index (χ1n) is 7.76. The summed E-state index contributed by atoms with van der Waals surface area (Å²) >= 11 is 5.98. The Morgan fingerprint density at radius 2 is 1.92 bits per heavy atom. The van der Waals surface area contributed by atoms with Crippen LogP contribution in [0.3, 0.4) is 0 Å². The van der Waals surface area contributed by atoms with E-state index in [4.69, 9.17) is 20.8 Å². The van der Waals surface area contributed by atoms with Crippen LogP contribution >= 0.6 is 11.6 Å². The first kappa shape index (κ1) is 15.2. The summed E-state index contributed by atoms with van der Waals surface area (Å²) in [7, 11) is 0. The van der Waals surface area contributed by atoms with Crippen LogP contribution < -0.4 is 10.4 Å². The van der Waals surface area contributed by atoms with Crippen molar-refractivity contribution < 1.29 is 13.5 Å². The highest BCUT2D eigenvalue weighted by Crippen LogP contribution is 2.30. The molecule has 0 saturated carbocycles. The molecule has 1 aliphatic carbocycles. The fraction of sp³-hybridized carbons (Fsp3) is 0.211. The maximum atomic E-state index is 13.1. The highest BCUT2D eigenvalue weighted by Gasteiger charge is 2.15. The monoisotopic (exact) mass is 344 g/mol. The third-order valence-corrected chi connectivity index (χ3v) is 4.62. The van der Waals surface area contributed by atoms with Crippen molar-refractivity contribution in [2.45, 2.75) is 25.9 Å². The van der Waals surface area contributed by atoms with Gasteiger partial charge in [0.25, 0.3) is 0 Å². The van der Waals surface area contributed by atoms with Gasteiger partial charge in [-0.3, -0.25) is 0 Å². The van der Waals surface area contributed by atoms with Gasteiger partial charge >= 0.3 is 5.63 Å². The SMILES string of the molecule is O=c1cc(COc2ccc(F)cc2Cl)c2cc3c(cc2o1)CCC3. The summed E-state index contributed by atoms with van der Waals surface area (Å²) in [6.45, 7) is 0.159. The predicted molar refractivity (Wildman–Crippen MR) is 90.3 cm³/mol. The van der Waals surface area contributed by atoms with Gasteiger partial charge in [-0.25, -0.2) is 9.18 Å². The molecule has 3 nitrogen and oxygen atoms in total. The summed E-state index contributed by atoms with van der Waals surface area (Å²) in [4.78, 5) is 11.8. The minimum Gasteiger partial charge on any atom is -0.487 e. The van der Waals surface area contributed by atoms with E-state index in [0.717, 1.165) is 30.2 Å². The number of hydrogen-bond donors (Lipinski definition) is 0. The largest absolute Gasteiger partial charge is 0.487 e. The first-order valence-corrected chi connectivity index (χ1v) is 8.14. The zero-order valence-electron chi connectivity index (χ0n) is 12.8. The van der Waals surface area contributed by atoms with E-state index in [1.54, 1.807) is 0 Å². The molecule has 24 heavy (non-hydrogen) atoms. The van der Waals surface area contributed by atoms with Crippen LogP contribution in [0.4, 0.5) is 4.39 Å². The highest BCUT2D eigenvalue weighted by molar-refractivity contribution is 6.32. The lowest BCUT2D eigenvalue weighted by Gasteiger charge is -2.11. The average molecular weight is 345 g/mol. The van der Waals surface area contributed by atoms with E-state index < -0.39 is 11.4 Å². The van der Waals surface area contributed by atoms with Crippen molar-refractivity contribution in [2.24, 2.45) is 0 Å². The van der Waals surface area contributed by atoms with Crippen LogP contribution in [-0.2, 0) is 19.4 Å². The van der Waals surface area contributed by atoms with Gasteiger partial charge in [-0.2, -0.15) is 0 Å². The van der Waals surface area contributed by atoms with Gasteiger partial charge in [0.1, 0.15) is 23.8 Å². The molecule has 0 saturated heterocycles. The van der Waals surface area contributed by atoms with Crippen LogP contribution in [0.5, 0.6) is 5.75 Å². The minimum atomic E-state index is -0.422. The van der Waals surface area contributed by atoms with Gasteiger partial charge in [-0.05, 0) is 60.7 Å². The van der Waals surface area contributed by atoms with Crippen molar-refractivity contribution in [3.05, 3.63) is 74.3 Å². The van der Waals surface area contributed by atoms with E-state index in [-0.39, 0.29) is 11.6 Å². The minimum absolute atomic E-state index is 0.159. The quantitative estimate of drug-likeness (QED) is 0.649. The zero-order chi connectivity index (χ0) is 16.7. The number of fused-ring (bicyclic) bond motifs is 2. The second-order valence-electron chi connectivity index (χ2n) is 5.92. The molecule has 0 amide bonds. The van der Waals surface area contributed by atoms with E-state index in [1.807, 2.05) is 6.07 Å². The van der Waals surface area contributed by atoms with Crippen LogP contribution in [0.25, 0.3) is 11.0 Å². The lowest BCUT2D eigenvalue weighted by Crippen LogP contribution is -2.05. The topological polar surface area (TPSA) is 39.4 Å². The van der Waals surface area contributed by atoms with Crippen LogP contribution in [0.1, 0.15) is 23.1 Å². The number of aryl methyl sites for hydroxylation is 2. The van der Waals surface area contributed by atoms with Crippen LogP contribution in [-0.4, -0.2) is 0 Å². The summed E-state index contributed by atoms with van der Waals surface area (Å²) in [6, 6.07) is 9.41. The van der Waals surface area contributed by atoms with E-state index in [2.05, 4.69) is 6.07 Å². The Hall–Kier alpha value is -2.33. The molecule has 0 bridgehead atoms. The molecule has 0 atom stereocenters. The molecule has 0 aliphatic heterocycles. The number of hydrogen-bond acceptors (Lipinski definition) is 3. The van der Waals surface area contributed by atoms with Crippen LogP contribution in [0.2, 0.25) is 5.02 Å². The smallest absolute Gasteiger partial charge is 0.336 e. The Balaban J connectivity index is 1.72. The van der Waals surface area contributed by atoms with Crippen LogP contribution in [0.15, 0.2) is 45.6 Å². The summed E-state index contributed by atoms with van der Waals surface area (Å²) in [5.41, 5.74) is 3.43. The predicted octanol–water partition coefficient (Wildman–Crippen LogP) is 4.65. The molecule has 1 aliphatic rings. The summed E-state index contributed by atoms with van der Waals surface area (Å²) in [5, 5.41) is 1.07. The van der Waals surface area contributed by atoms with Gasteiger partial charge < -0.3 is 9.15 Å². The lowest BCUT2D eigenvalue weighted by atomic mass is 10.0. The van der Waals surface area contributed by atoms with Crippen molar-refractivity contribution in [2.75, 3.05) is 0 Å². The van der Waals surface area contributed by atoms with Crippen molar-refractivity contribution in [3.63, 3.8) is 0 Å². The first-order chi connectivity index (χ1) is 11.6. The van der Waals surface area contributed by atoms with Gasteiger partial charge in [-0.15, -0.1) is 0 Å². The number of rotatable bonds is 3. The molecule has 0 spiro atoms. The third kappa shape index (κ3) is 2.78. The van der Waals surface area contributed by atoms with E-state index >= 15 is 0 Å². The lowest BCUT2D eigenvalue weighted by molar-refractivity contribution is 0.306. The van der Waals surface area contributed by atoms with Crippen molar-refractivity contribution in [1.82, 2.24) is 0 Å². The maximum absolute atomic E-state index is 13.1. The van der Waals surface area contributed by atoms with Crippen molar-refractivity contribution >= 4 is 22.6 Å². The Kier molecular flexibility index (Phi) is 3.77. The van der Waals surface area contributed by atoms with Crippen LogP contribution in [0, 0.1) is 5.82 Å². The summed E-state index contributed by atoms with van der Waals surface area (Å²) in [6.07, 6.45) is 3.17. The Bertz CT molecular complexity index is 994. The van der Waals surface area contributed by atoms with Gasteiger partial charge in [0.2, 0.25) is 0 Å². The molecule has 0 fully saturated rings. The summed E-state index contributed by atoms with van der Waals surface area (Å²) in [5.74, 6) is -0.0469. The standard InChI is InChI=1S/C19H14ClFO3/c20-16-9-14(21)4-5-17(16)23-10-13-8-19(22)24-18-7-12-3-1-2-11(12)6-15(13)18/h4-9H,1-3,10H2. The third-order valence-electron chi connectivity index (χ3n) is 4.32. The molecule has 4 rings (SSSR count). The molecule has 1 aromatic heterocycles. The second kappa shape index (κ2) is 5.95. The van der Waals surface area contributed by atoms with Gasteiger partial charge in [-0.1, -0.05) is 11.6 Å². The Morgan fingerprint density at radius 1 is 1.12 bits per heavy atom.